The summed E-state index contributed by atoms with van der Waals surface area (Å²) in [6.07, 6.45) is 6.99. The van der Waals surface area contributed by atoms with Crippen LogP contribution in [0.4, 0.5) is 11.5 Å². The molecule has 0 spiro atoms. The van der Waals surface area contributed by atoms with E-state index in [1.54, 1.807) is 6.20 Å². The Labute approximate surface area is 71.5 Å². The number of nitrogen functional groups attached to an aromatic ring is 1. The van der Waals surface area contributed by atoms with Crippen LogP contribution in [0.3, 0.4) is 0 Å². The zero-order valence-corrected chi connectivity index (χ0v) is 6.99. The topological polar surface area (TPSA) is 63.8 Å². The summed E-state index contributed by atoms with van der Waals surface area (Å²) in [4.78, 5) is 7.75. The van der Waals surface area contributed by atoms with Crippen LogP contribution in [-0.4, -0.2) is 16.5 Å². The number of allylic oxidation sites excluding steroid dienone is 1. The SMILES string of the molecule is C/C=C/CNc1ncncc1N. The van der Waals surface area contributed by atoms with Crippen LogP contribution in [0.25, 0.3) is 0 Å². The first kappa shape index (κ1) is 8.52. The Kier molecular flexibility index (Phi) is 3.07. The smallest absolute Gasteiger partial charge is 0.152 e. The van der Waals surface area contributed by atoms with E-state index in [1.807, 2.05) is 19.1 Å². The van der Waals surface area contributed by atoms with Gasteiger partial charge in [0.1, 0.15) is 6.33 Å². The van der Waals surface area contributed by atoms with Gasteiger partial charge in [-0.15, -0.1) is 0 Å². The number of aromatic nitrogens is 2. The molecule has 0 bridgehead atoms. The molecule has 4 nitrogen and oxygen atoms in total. The van der Waals surface area contributed by atoms with Crippen molar-refractivity contribution in [3.05, 3.63) is 24.7 Å². The lowest BCUT2D eigenvalue weighted by molar-refractivity contribution is 1.14. The van der Waals surface area contributed by atoms with Crippen molar-refractivity contribution in [3.8, 4) is 0 Å². The Morgan fingerprint density at radius 3 is 3.17 bits per heavy atom. The molecule has 1 rings (SSSR count). The minimum Gasteiger partial charge on any atom is -0.394 e. The normalized spacial score (nSPS) is 10.4. The van der Waals surface area contributed by atoms with Gasteiger partial charge in [0.05, 0.1) is 11.9 Å². The van der Waals surface area contributed by atoms with Crippen molar-refractivity contribution in [1.82, 2.24) is 9.97 Å². The fourth-order valence-electron chi connectivity index (χ4n) is 0.762. The number of hydrogen-bond donors (Lipinski definition) is 2. The maximum absolute atomic E-state index is 5.59. The van der Waals surface area contributed by atoms with E-state index in [2.05, 4.69) is 15.3 Å². The van der Waals surface area contributed by atoms with Crippen LogP contribution in [-0.2, 0) is 0 Å². The van der Waals surface area contributed by atoms with Crippen LogP contribution in [0.1, 0.15) is 6.92 Å². The number of nitrogens with zero attached hydrogens (tertiary/aromatic N) is 2. The molecule has 0 aromatic carbocycles. The van der Waals surface area contributed by atoms with Gasteiger partial charge in [-0.3, -0.25) is 0 Å². The summed E-state index contributed by atoms with van der Waals surface area (Å²) in [5.41, 5.74) is 6.16. The van der Waals surface area contributed by atoms with E-state index in [0.717, 1.165) is 6.54 Å². The molecule has 0 aliphatic rings. The molecule has 1 aromatic heterocycles. The molecule has 0 unspecified atom stereocenters. The van der Waals surface area contributed by atoms with E-state index >= 15 is 0 Å². The van der Waals surface area contributed by atoms with E-state index < -0.39 is 0 Å². The molecule has 12 heavy (non-hydrogen) atoms. The highest BCUT2D eigenvalue weighted by Crippen LogP contribution is 2.10. The molecule has 0 fully saturated rings. The first-order chi connectivity index (χ1) is 5.84. The first-order valence-electron chi connectivity index (χ1n) is 3.75. The molecule has 0 saturated carbocycles. The molecule has 3 N–H and O–H groups in total. The van der Waals surface area contributed by atoms with E-state index in [1.165, 1.54) is 6.33 Å². The molecule has 0 aliphatic carbocycles. The number of hydrogen-bond acceptors (Lipinski definition) is 4. The molecule has 64 valence electrons. The average Bonchev–Trinajstić information content (AvgIpc) is 2.09. The Bertz CT molecular complexity index is 270. The summed E-state index contributed by atoms with van der Waals surface area (Å²) in [6.45, 7) is 2.70. The highest BCUT2D eigenvalue weighted by atomic mass is 15.0. The summed E-state index contributed by atoms with van der Waals surface area (Å²) in [5.74, 6) is 0.683. The lowest BCUT2D eigenvalue weighted by Gasteiger charge is -2.03. The van der Waals surface area contributed by atoms with Gasteiger partial charge in [0.25, 0.3) is 0 Å². The van der Waals surface area contributed by atoms with E-state index in [0.29, 0.717) is 11.5 Å². The Morgan fingerprint density at radius 2 is 2.50 bits per heavy atom. The zero-order chi connectivity index (χ0) is 8.81. The second-order valence-corrected chi connectivity index (χ2v) is 2.28. The summed E-state index contributed by atoms with van der Waals surface area (Å²) in [5, 5.41) is 3.05. The van der Waals surface area contributed by atoms with Crippen molar-refractivity contribution in [2.45, 2.75) is 6.92 Å². The van der Waals surface area contributed by atoms with Crippen LogP contribution in [0.15, 0.2) is 24.7 Å². The number of nitrogens with two attached hydrogens (primary N) is 1. The summed E-state index contributed by atoms with van der Waals surface area (Å²) >= 11 is 0. The third-order valence-corrected chi connectivity index (χ3v) is 1.36. The fourth-order valence-corrected chi connectivity index (χ4v) is 0.762. The fraction of sp³-hybridized carbons (Fsp3) is 0.250. The van der Waals surface area contributed by atoms with Crippen LogP contribution in [0, 0.1) is 0 Å². The van der Waals surface area contributed by atoms with Gasteiger partial charge in [-0.1, -0.05) is 12.2 Å². The third kappa shape index (κ3) is 2.23. The predicted molar refractivity (Wildman–Crippen MR) is 49.7 cm³/mol. The Morgan fingerprint density at radius 1 is 1.67 bits per heavy atom. The molecule has 1 heterocycles. The quantitative estimate of drug-likeness (QED) is 0.655. The molecule has 0 radical (unpaired) electrons. The van der Waals surface area contributed by atoms with Gasteiger partial charge in [0.15, 0.2) is 5.82 Å². The van der Waals surface area contributed by atoms with E-state index in [-0.39, 0.29) is 0 Å². The zero-order valence-electron chi connectivity index (χ0n) is 6.99. The number of nitrogens with one attached hydrogen (secondary N) is 1. The van der Waals surface area contributed by atoms with Gasteiger partial charge < -0.3 is 11.1 Å². The lowest BCUT2D eigenvalue weighted by Crippen LogP contribution is -2.04. The molecular weight excluding hydrogens is 152 g/mol. The maximum atomic E-state index is 5.59. The predicted octanol–water partition coefficient (Wildman–Crippen LogP) is 1.05. The van der Waals surface area contributed by atoms with Gasteiger partial charge in [-0.05, 0) is 6.92 Å². The molecule has 4 heteroatoms. The highest BCUT2D eigenvalue weighted by molar-refractivity contribution is 5.59. The second kappa shape index (κ2) is 4.33. The van der Waals surface area contributed by atoms with Crippen molar-refractivity contribution >= 4 is 11.5 Å². The molecule has 0 saturated heterocycles. The van der Waals surface area contributed by atoms with Crippen molar-refractivity contribution in [2.24, 2.45) is 0 Å². The lowest BCUT2D eigenvalue weighted by atomic mass is 10.4. The minimum atomic E-state index is 0.571. The number of anilines is 2. The average molecular weight is 164 g/mol. The molecule has 0 atom stereocenters. The molecule has 1 aromatic rings. The molecular formula is C8H12N4. The molecule has 0 amide bonds. The van der Waals surface area contributed by atoms with E-state index in [9.17, 15) is 0 Å². The minimum absolute atomic E-state index is 0.571. The van der Waals surface area contributed by atoms with Gasteiger partial charge in [0.2, 0.25) is 0 Å². The van der Waals surface area contributed by atoms with Gasteiger partial charge in [0, 0.05) is 6.54 Å². The first-order valence-corrected chi connectivity index (χ1v) is 3.75. The van der Waals surface area contributed by atoms with E-state index in [4.69, 9.17) is 5.73 Å². The molecule has 0 aliphatic heterocycles. The van der Waals surface area contributed by atoms with Crippen LogP contribution in [0.5, 0.6) is 0 Å². The van der Waals surface area contributed by atoms with Gasteiger partial charge in [-0.2, -0.15) is 0 Å². The van der Waals surface area contributed by atoms with Crippen molar-refractivity contribution in [1.29, 1.82) is 0 Å². The Hall–Kier alpha value is -1.58. The number of rotatable bonds is 3. The standard InChI is InChI=1S/C8H12N4/c1-2-3-4-11-8-7(9)5-10-6-12-8/h2-3,5-6H,4,9H2,1H3,(H,10,11,12)/b3-2+. The summed E-state index contributed by atoms with van der Waals surface area (Å²) in [6, 6.07) is 0. The van der Waals surface area contributed by atoms with Gasteiger partial charge in [-0.25, -0.2) is 9.97 Å². The van der Waals surface area contributed by atoms with Gasteiger partial charge >= 0.3 is 0 Å². The summed E-state index contributed by atoms with van der Waals surface area (Å²) < 4.78 is 0. The Balaban J connectivity index is 2.57. The summed E-state index contributed by atoms with van der Waals surface area (Å²) in [7, 11) is 0. The highest BCUT2D eigenvalue weighted by Gasteiger charge is 1.95. The second-order valence-electron chi connectivity index (χ2n) is 2.28. The van der Waals surface area contributed by atoms with Crippen LogP contribution in [0.2, 0.25) is 0 Å². The third-order valence-electron chi connectivity index (χ3n) is 1.36. The van der Waals surface area contributed by atoms with Crippen molar-refractivity contribution in [2.75, 3.05) is 17.6 Å². The van der Waals surface area contributed by atoms with Crippen molar-refractivity contribution < 1.29 is 0 Å². The monoisotopic (exact) mass is 164 g/mol. The largest absolute Gasteiger partial charge is 0.394 e. The maximum Gasteiger partial charge on any atom is 0.152 e. The van der Waals surface area contributed by atoms with Crippen LogP contribution < -0.4 is 11.1 Å². The van der Waals surface area contributed by atoms with Crippen LogP contribution >= 0.6 is 0 Å². The van der Waals surface area contributed by atoms with Crippen molar-refractivity contribution in [3.63, 3.8) is 0 Å².